The van der Waals surface area contributed by atoms with Crippen LogP contribution in [0.5, 0.6) is 5.75 Å². The van der Waals surface area contributed by atoms with E-state index < -0.39 is 89.6 Å². The van der Waals surface area contributed by atoms with Gasteiger partial charge in [0.1, 0.15) is 41.8 Å². The van der Waals surface area contributed by atoms with Gasteiger partial charge in [-0.1, -0.05) is 30.3 Å². The number of urea groups is 1. The number of alkyl carbamates (subject to hydrolysis) is 1. The van der Waals surface area contributed by atoms with Gasteiger partial charge < -0.3 is 61.3 Å². The van der Waals surface area contributed by atoms with Crippen molar-refractivity contribution in [1.82, 2.24) is 46.0 Å². The highest BCUT2D eigenvalue weighted by Crippen LogP contribution is 2.30. The third kappa shape index (κ3) is 12.9. The number of nitrogens with one attached hydrogen (secondary N) is 7. The van der Waals surface area contributed by atoms with Crippen LogP contribution < -0.4 is 37.8 Å². The highest BCUT2D eigenvalue weighted by Gasteiger charge is 2.38. The number of carbonyl (C=O) groups excluding carboxylic acids is 5. The number of aliphatic hydroxyl groups excluding tert-OH is 1. The zero-order valence-electron chi connectivity index (χ0n) is 35.7. The van der Waals surface area contributed by atoms with Crippen LogP contribution in [-0.2, 0) is 41.5 Å². The van der Waals surface area contributed by atoms with Crippen LogP contribution in [0.1, 0.15) is 37.1 Å². The first-order valence-electron chi connectivity index (χ1n) is 20.2. The summed E-state index contributed by atoms with van der Waals surface area (Å²) in [5, 5.41) is 44.1. The second-order valence-corrected chi connectivity index (χ2v) is 16.0. The summed E-state index contributed by atoms with van der Waals surface area (Å²) in [6, 6.07) is 6.43. The van der Waals surface area contributed by atoms with Gasteiger partial charge in [-0.3, -0.25) is 28.7 Å². The Labute approximate surface area is 375 Å². The Kier molecular flexibility index (Phi) is 16.8. The summed E-state index contributed by atoms with van der Waals surface area (Å²) in [4.78, 5) is 111. The maximum absolute atomic E-state index is 14.2. The van der Waals surface area contributed by atoms with Gasteiger partial charge in [0.15, 0.2) is 0 Å². The van der Waals surface area contributed by atoms with Crippen molar-refractivity contribution in [3.05, 3.63) is 111 Å². The molecule has 1 aliphatic heterocycles. The number of H-pyrrole nitrogens is 2. The normalized spacial score (nSPS) is 17.4. The van der Waals surface area contributed by atoms with Crippen molar-refractivity contribution in [3.8, 4) is 5.75 Å². The Morgan fingerprint density at radius 2 is 1.72 bits per heavy atom. The standard InChI is InChI=1S/C42H51N9O13S/c1-22(50(2)37(57)30(47-42(62)63-3)17-23-8-7-9-25(52)16-23)34(36(56)44-21-26-19-32(53)38(64-26)51-14-12-33(54)48-41(51)61)49-35(55)29(13-15-65-4)45-40(60)46-31(39(58)59)18-24-20-43-28-11-6-5-10-27(24)28/h5-12,14,16,20-22,29-32,34,38,43,52-53H,13,15,17-19H2,1-4H3,(H,44,56)(H,47,62)(H,49,55)(H,58,59)(H2,45,46,60)(H,48,54,61)/b26-21+/t22?,29?,30?,31?,32-,34?,38-/m0/s1. The smallest absolute Gasteiger partial charge is 0.407 e. The van der Waals surface area contributed by atoms with E-state index in [0.29, 0.717) is 16.9 Å². The van der Waals surface area contributed by atoms with Crippen molar-refractivity contribution in [2.45, 2.75) is 75.1 Å². The summed E-state index contributed by atoms with van der Waals surface area (Å²) >= 11 is 1.35. The number of methoxy groups -OCH3 is 1. The summed E-state index contributed by atoms with van der Waals surface area (Å²) in [6.07, 6.45) is 1.73. The van der Waals surface area contributed by atoms with Crippen LogP contribution in [0, 0.1) is 0 Å². The molecule has 1 fully saturated rings. The van der Waals surface area contributed by atoms with Gasteiger partial charge in [-0.05, 0) is 54.7 Å². The molecule has 1 saturated heterocycles. The number of aromatic hydroxyl groups is 1. The van der Waals surface area contributed by atoms with Gasteiger partial charge in [0, 0.05) is 61.9 Å². The SMILES string of the molecule is COC(=O)NC(Cc1cccc(O)c1)C(=O)N(C)C(C)C(NC(=O)C(CCSC)NC(=O)NC(Cc1c[nH]c2ccccc12)C(=O)O)C(=O)N/C=C1\C[C@H](O)[C@@H](n2ccc(=O)[nH]c2=O)O1. The molecule has 1 aliphatic rings. The first-order chi connectivity index (χ1) is 31.0. The summed E-state index contributed by atoms with van der Waals surface area (Å²) in [5.41, 5.74) is 0.339. The molecule has 7 atom stereocenters. The number of phenols is 1. The largest absolute Gasteiger partial charge is 0.508 e. The van der Waals surface area contributed by atoms with Gasteiger partial charge in [0.05, 0.1) is 13.2 Å². The highest BCUT2D eigenvalue weighted by atomic mass is 32.2. The lowest BCUT2D eigenvalue weighted by Gasteiger charge is -2.34. The molecular weight excluding hydrogens is 871 g/mol. The lowest BCUT2D eigenvalue weighted by molar-refractivity contribution is -0.139. The lowest BCUT2D eigenvalue weighted by atomic mass is 10.0. The average molecular weight is 922 g/mol. The molecule has 23 heteroatoms. The van der Waals surface area contributed by atoms with Gasteiger partial charge in [-0.25, -0.2) is 19.2 Å². The molecule has 348 valence electrons. The molecule has 0 bridgehead atoms. The van der Waals surface area contributed by atoms with Crippen molar-refractivity contribution in [2.75, 3.05) is 26.2 Å². The second-order valence-electron chi connectivity index (χ2n) is 15.1. The second kappa shape index (κ2) is 22.4. The molecule has 2 aromatic carbocycles. The number of thioether (sulfide) groups is 1. The van der Waals surface area contributed by atoms with Crippen LogP contribution in [0.4, 0.5) is 9.59 Å². The zero-order valence-corrected chi connectivity index (χ0v) is 36.5. The van der Waals surface area contributed by atoms with Crippen LogP contribution in [0.25, 0.3) is 10.9 Å². The van der Waals surface area contributed by atoms with Crippen LogP contribution >= 0.6 is 11.8 Å². The first-order valence-corrected chi connectivity index (χ1v) is 21.6. The molecule has 6 amide bonds. The third-order valence-corrected chi connectivity index (χ3v) is 11.2. The molecule has 65 heavy (non-hydrogen) atoms. The number of hydrogen-bond donors (Lipinski definition) is 10. The molecule has 4 aromatic rings. The van der Waals surface area contributed by atoms with Gasteiger partial charge in [-0.2, -0.15) is 11.8 Å². The number of likely N-dealkylation sites (N-methyl/N-ethyl adjacent to an activating group) is 1. The lowest BCUT2D eigenvalue weighted by Crippen LogP contribution is -2.62. The molecule has 2 aromatic heterocycles. The number of phenolic OH excluding ortho intramolecular Hbond substituents is 1. The van der Waals surface area contributed by atoms with Crippen molar-refractivity contribution < 1.29 is 53.6 Å². The topological polar surface area (TPSA) is 316 Å². The molecule has 22 nitrogen and oxygen atoms in total. The van der Waals surface area contributed by atoms with Crippen molar-refractivity contribution in [3.63, 3.8) is 0 Å². The number of aliphatic carboxylic acids is 1. The number of aromatic amines is 2. The molecule has 0 spiro atoms. The maximum atomic E-state index is 14.2. The van der Waals surface area contributed by atoms with E-state index >= 15 is 0 Å². The fraction of sp³-hybridized carbons (Fsp3) is 0.381. The van der Waals surface area contributed by atoms with E-state index in [0.717, 1.165) is 45.9 Å². The number of para-hydroxylation sites is 1. The number of carbonyl (C=O) groups is 6. The number of ether oxygens (including phenoxy) is 2. The molecule has 10 N–H and O–H groups in total. The van der Waals surface area contributed by atoms with Crippen LogP contribution in [-0.4, -0.2) is 133 Å². The maximum Gasteiger partial charge on any atom is 0.407 e. The van der Waals surface area contributed by atoms with Crippen LogP contribution in [0.2, 0.25) is 0 Å². The van der Waals surface area contributed by atoms with E-state index in [1.807, 2.05) is 12.1 Å². The van der Waals surface area contributed by atoms with E-state index in [9.17, 15) is 53.7 Å². The van der Waals surface area contributed by atoms with E-state index in [-0.39, 0.29) is 37.2 Å². The number of amides is 6. The number of fused-ring (bicyclic) bond motifs is 1. The number of nitrogens with zero attached hydrogens (tertiary/aromatic N) is 2. The van der Waals surface area contributed by atoms with Crippen LogP contribution in [0.15, 0.2) is 88.5 Å². The molecule has 0 radical (unpaired) electrons. The molecule has 3 heterocycles. The van der Waals surface area contributed by atoms with Gasteiger partial charge in [-0.15, -0.1) is 0 Å². The summed E-state index contributed by atoms with van der Waals surface area (Å²) in [7, 11) is 2.43. The highest BCUT2D eigenvalue weighted by molar-refractivity contribution is 7.98. The number of hydrogen-bond acceptors (Lipinski definition) is 13. The predicted molar refractivity (Wildman–Crippen MR) is 235 cm³/mol. The Morgan fingerprint density at radius 1 is 0.985 bits per heavy atom. The number of aliphatic hydroxyl groups is 1. The van der Waals surface area contributed by atoms with Gasteiger partial charge >= 0.3 is 23.8 Å². The number of rotatable bonds is 19. The predicted octanol–water partition coefficient (Wildman–Crippen LogP) is 0.377. The summed E-state index contributed by atoms with van der Waals surface area (Å²) in [6.45, 7) is 1.44. The third-order valence-electron chi connectivity index (χ3n) is 10.6. The minimum Gasteiger partial charge on any atom is -0.508 e. The molecule has 5 unspecified atom stereocenters. The van der Waals surface area contributed by atoms with E-state index in [4.69, 9.17) is 9.47 Å². The quantitative estimate of drug-likeness (QED) is 0.0608. The molecule has 5 rings (SSSR count). The monoisotopic (exact) mass is 921 g/mol. The van der Waals surface area contributed by atoms with E-state index in [1.165, 1.54) is 37.9 Å². The van der Waals surface area contributed by atoms with Gasteiger partial charge in [0.25, 0.3) is 5.56 Å². The van der Waals surface area contributed by atoms with Crippen LogP contribution in [0.3, 0.4) is 0 Å². The number of carboxylic acids is 1. The fourth-order valence-electron chi connectivity index (χ4n) is 7.03. The van der Waals surface area contributed by atoms with Crippen molar-refractivity contribution in [1.29, 1.82) is 0 Å². The summed E-state index contributed by atoms with van der Waals surface area (Å²) in [5.74, 6) is -3.62. The fourth-order valence-corrected chi connectivity index (χ4v) is 7.50. The Hall–Kier alpha value is -7.27. The Bertz CT molecular complexity index is 2520. The molecule has 0 saturated carbocycles. The average Bonchev–Trinajstić information content (AvgIpc) is 3.86. The Balaban J connectivity index is 1.39. The van der Waals surface area contributed by atoms with Crippen molar-refractivity contribution in [2.24, 2.45) is 0 Å². The minimum absolute atomic E-state index is 0.00127. The number of aromatic nitrogens is 3. The summed E-state index contributed by atoms with van der Waals surface area (Å²) < 4.78 is 11.4. The van der Waals surface area contributed by atoms with Gasteiger partial charge in [0.2, 0.25) is 23.9 Å². The van der Waals surface area contributed by atoms with E-state index in [1.54, 1.807) is 36.7 Å². The van der Waals surface area contributed by atoms with E-state index in [2.05, 4.69) is 36.6 Å². The molecule has 0 aliphatic carbocycles. The number of carboxylic acid groups (broad SMARTS) is 1. The minimum atomic E-state index is -1.60. The first kappa shape index (κ1) is 48.8. The zero-order chi connectivity index (χ0) is 47.4. The Morgan fingerprint density at radius 3 is 2.42 bits per heavy atom. The van der Waals surface area contributed by atoms with Crippen molar-refractivity contribution >= 4 is 58.5 Å². The number of benzene rings is 2. The molecular formula is C42H51N9O13S.